The molecule has 1 fully saturated rings. The molecule has 1 aliphatic rings. The van der Waals surface area contributed by atoms with E-state index in [4.69, 9.17) is 0 Å². The van der Waals surface area contributed by atoms with E-state index in [2.05, 4.69) is 9.97 Å². The lowest BCUT2D eigenvalue weighted by Gasteiger charge is -2.23. The van der Waals surface area contributed by atoms with Gasteiger partial charge in [-0.1, -0.05) is 0 Å². The number of likely N-dealkylation sites (N-methyl/N-ethyl adjacent to an activating group) is 1. The summed E-state index contributed by atoms with van der Waals surface area (Å²) >= 11 is 1.56. The molecule has 0 aliphatic carbocycles. The van der Waals surface area contributed by atoms with Crippen LogP contribution in [0, 0.1) is 0 Å². The zero-order valence-corrected chi connectivity index (χ0v) is 15.7. The minimum Gasteiger partial charge on any atom is -0.341 e. The molecule has 3 heterocycles. The minimum absolute atomic E-state index is 0.0729. The number of carbonyl (C=O) groups is 1. The quantitative estimate of drug-likeness (QED) is 0.760. The van der Waals surface area contributed by atoms with E-state index in [9.17, 15) is 13.2 Å². The normalized spacial score (nSPS) is 19.0. The number of hydrogen-bond acceptors (Lipinski definition) is 6. The smallest absolute Gasteiger partial charge is 0.228 e. The summed E-state index contributed by atoms with van der Waals surface area (Å²) in [6.45, 7) is 0. The molecule has 1 aliphatic heterocycles. The molecule has 0 radical (unpaired) electrons. The number of carbonyl (C=O) groups excluding carboxylic acids is 1. The predicted molar refractivity (Wildman–Crippen MR) is 97.3 cm³/mol. The van der Waals surface area contributed by atoms with Crippen LogP contribution in [0.15, 0.2) is 29.9 Å². The molecule has 134 valence electrons. The molecule has 0 N–H and O–H groups in total. The molecule has 2 aromatic heterocycles. The third kappa shape index (κ3) is 4.85. The molecule has 0 aromatic carbocycles. The monoisotopic (exact) mass is 379 g/mol. The molecular formula is C17H21N3O3S2. The number of sulfone groups is 1. The number of hydrogen-bond donors (Lipinski definition) is 0. The van der Waals surface area contributed by atoms with Crippen LogP contribution in [0.1, 0.15) is 22.7 Å². The van der Waals surface area contributed by atoms with Crippen LogP contribution in [0.2, 0.25) is 0 Å². The lowest BCUT2D eigenvalue weighted by molar-refractivity contribution is -0.130. The fourth-order valence-electron chi connectivity index (χ4n) is 2.91. The van der Waals surface area contributed by atoms with Gasteiger partial charge < -0.3 is 4.90 Å². The van der Waals surface area contributed by atoms with Crippen molar-refractivity contribution >= 4 is 27.1 Å². The summed E-state index contributed by atoms with van der Waals surface area (Å²) in [5.74, 6) is 0.169. The van der Waals surface area contributed by atoms with Crippen LogP contribution in [0.5, 0.6) is 0 Å². The van der Waals surface area contributed by atoms with Gasteiger partial charge in [0, 0.05) is 37.3 Å². The third-order valence-corrected chi connectivity index (χ3v) is 7.17. The van der Waals surface area contributed by atoms with Gasteiger partial charge in [-0.3, -0.25) is 9.78 Å². The van der Waals surface area contributed by atoms with Gasteiger partial charge in [-0.2, -0.15) is 0 Å². The standard InChI is InChI=1S/C17H21N3O3S2/c1-20(15-6-9-25(22,23)12-15)17(21)10-14-11-24-16(19-14)3-2-13-4-7-18-8-5-13/h4-5,7-8,11,15H,2-3,6,9-10,12H2,1H3. The van der Waals surface area contributed by atoms with E-state index in [-0.39, 0.29) is 29.9 Å². The molecule has 1 amide bonds. The second-order valence-electron chi connectivity index (χ2n) is 6.33. The Labute approximate surface area is 151 Å². The lowest BCUT2D eigenvalue weighted by Crippen LogP contribution is -2.38. The Balaban J connectivity index is 1.53. The second-order valence-corrected chi connectivity index (χ2v) is 9.50. The van der Waals surface area contributed by atoms with Gasteiger partial charge in [0.15, 0.2) is 9.84 Å². The number of rotatable bonds is 6. The summed E-state index contributed by atoms with van der Waals surface area (Å²) in [6, 6.07) is 3.77. The van der Waals surface area contributed by atoms with Crippen LogP contribution in [-0.2, 0) is 33.9 Å². The molecule has 1 atom stereocenters. The number of aromatic nitrogens is 2. The Morgan fingerprint density at radius 3 is 2.76 bits per heavy atom. The maximum atomic E-state index is 12.4. The van der Waals surface area contributed by atoms with E-state index in [1.165, 1.54) is 5.56 Å². The van der Waals surface area contributed by atoms with Gasteiger partial charge in [-0.25, -0.2) is 13.4 Å². The van der Waals surface area contributed by atoms with Crippen molar-refractivity contribution in [2.75, 3.05) is 18.6 Å². The molecule has 25 heavy (non-hydrogen) atoms. The van der Waals surface area contributed by atoms with E-state index in [1.807, 2.05) is 17.5 Å². The first-order valence-corrected chi connectivity index (χ1v) is 10.9. The highest BCUT2D eigenvalue weighted by Gasteiger charge is 2.32. The molecule has 8 heteroatoms. The SMILES string of the molecule is CN(C(=O)Cc1csc(CCc2ccncc2)n1)C1CCS(=O)(=O)C1. The van der Waals surface area contributed by atoms with Gasteiger partial charge in [-0.05, 0) is 30.5 Å². The highest BCUT2D eigenvalue weighted by molar-refractivity contribution is 7.91. The second kappa shape index (κ2) is 7.61. The molecule has 0 saturated carbocycles. The Bertz CT molecular complexity index is 834. The molecule has 1 saturated heterocycles. The number of pyridine rings is 1. The fraction of sp³-hybridized carbons (Fsp3) is 0.471. The summed E-state index contributed by atoms with van der Waals surface area (Å²) < 4.78 is 23.1. The Kier molecular flexibility index (Phi) is 5.48. The van der Waals surface area contributed by atoms with E-state index in [0.717, 1.165) is 23.5 Å². The van der Waals surface area contributed by atoms with Crippen molar-refractivity contribution in [3.05, 3.63) is 46.2 Å². The predicted octanol–water partition coefficient (Wildman–Crippen LogP) is 1.51. The maximum absolute atomic E-state index is 12.4. The molecule has 2 aromatic rings. The largest absolute Gasteiger partial charge is 0.341 e. The van der Waals surface area contributed by atoms with Crippen LogP contribution < -0.4 is 0 Å². The van der Waals surface area contributed by atoms with Crippen molar-refractivity contribution in [1.82, 2.24) is 14.9 Å². The average Bonchev–Trinajstić information content (AvgIpc) is 3.19. The molecule has 1 unspecified atom stereocenters. The molecule has 0 bridgehead atoms. The first-order valence-electron chi connectivity index (χ1n) is 8.21. The van der Waals surface area contributed by atoms with Crippen molar-refractivity contribution in [2.24, 2.45) is 0 Å². The van der Waals surface area contributed by atoms with Crippen molar-refractivity contribution in [3.8, 4) is 0 Å². The Morgan fingerprint density at radius 1 is 1.32 bits per heavy atom. The highest BCUT2D eigenvalue weighted by atomic mass is 32.2. The number of aryl methyl sites for hydroxylation is 2. The van der Waals surface area contributed by atoms with Gasteiger partial charge >= 0.3 is 0 Å². The van der Waals surface area contributed by atoms with Gasteiger partial charge in [0.2, 0.25) is 5.91 Å². The Morgan fingerprint density at radius 2 is 2.08 bits per heavy atom. The first kappa shape index (κ1) is 18.0. The minimum atomic E-state index is -2.99. The van der Waals surface area contributed by atoms with Crippen molar-refractivity contribution < 1.29 is 13.2 Å². The number of amides is 1. The van der Waals surface area contributed by atoms with Crippen LogP contribution in [0.3, 0.4) is 0 Å². The van der Waals surface area contributed by atoms with Crippen molar-refractivity contribution in [3.63, 3.8) is 0 Å². The molecule has 6 nitrogen and oxygen atoms in total. The van der Waals surface area contributed by atoms with Gasteiger partial charge in [0.1, 0.15) is 0 Å². The molecular weight excluding hydrogens is 358 g/mol. The number of nitrogens with zero attached hydrogens (tertiary/aromatic N) is 3. The van der Waals surface area contributed by atoms with Gasteiger partial charge in [-0.15, -0.1) is 11.3 Å². The fourth-order valence-corrected chi connectivity index (χ4v) is 5.48. The Hall–Kier alpha value is -1.80. The average molecular weight is 380 g/mol. The third-order valence-electron chi connectivity index (χ3n) is 4.46. The zero-order valence-electron chi connectivity index (χ0n) is 14.1. The highest BCUT2D eigenvalue weighted by Crippen LogP contribution is 2.18. The number of thiazole rings is 1. The topological polar surface area (TPSA) is 80.2 Å². The summed E-state index contributed by atoms with van der Waals surface area (Å²) in [6.07, 6.45) is 6.03. The van der Waals surface area contributed by atoms with Crippen LogP contribution in [0.4, 0.5) is 0 Å². The summed E-state index contributed by atoms with van der Waals surface area (Å²) in [5, 5.41) is 2.92. The summed E-state index contributed by atoms with van der Waals surface area (Å²) in [5.41, 5.74) is 1.97. The van der Waals surface area contributed by atoms with Crippen LogP contribution >= 0.6 is 11.3 Å². The summed E-state index contributed by atoms with van der Waals surface area (Å²) in [4.78, 5) is 22.5. The van der Waals surface area contributed by atoms with Crippen molar-refractivity contribution in [2.45, 2.75) is 31.7 Å². The molecule has 0 spiro atoms. The van der Waals surface area contributed by atoms with E-state index in [0.29, 0.717) is 6.42 Å². The van der Waals surface area contributed by atoms with Gasteiger partial charge in [0.25, 0.3) is 0 Å². The van der Waals surface area contributed by atoms with E-state index < -0.39 is 9.84 Å². The maximum Gasteiger partial charge on any atom is 0.228 e. The van der Waals surface area contributed by atoms with Crippen LogP contribution in [-0.4, -0.2) is 53.8 Å². The molecule has 3 rings (SSSR count). The van der Waals surface area contributed by atoms with Gasteiger partial charge in [0.05, 0.1) is 28.6 Å². The lowest BCUT2D eigenvalue weighted by atomic mass is 10.1. The summed E-state index contributed by atoms with van der Waals surface area (Å²) in [7, 11) is -1.30. The first-order chi connectivity index (χ1) is 11.9. The zero-order chi connectivity index (χ0) is 17.9. The van der Waals surface area contributed by atoms with E-state index in [1.54, 1.807) is 35.7 Å². The van der Waals surface area contributed by atoms with E-state index >= 15 is 0 Å². The van der Waals surface area contributed by atoms with Crippen molar-refractivity contribution in [1.29, 1.82) is 0 Å². The van der Waals surface area contributed by atoms with Crippen LogP contribution in [0.25, 0.3) is 0 Å².